The normalized spacial score (nSPS) is 16.1. The number of nitrogens with zero attached hydrogens (tertiary/aromatic N) is 2. The molecule has 0 N–H and O–H groups in total. The topological polar surface area (TPSA) is 40.6 Å². The standard InChI is InChI=1S/C20H30N2O2/c1-16(23)22(20(2,3)4)15-19(24)21-12-10-18(11-13-21)14-17-8-6-5-7-9-17/h5-9,18H,10-15H2,1-4H3. The molecule has 132 valence electrons. The van der Waals surface area contributed by atoms with E-state index in [1.165, 1.54) is 12.5 Å². The minimum absolute atomic E-state index is 0.0465. The second-order valence-electron chi connectivity index (χ2n) is 7.79. The highest BCUT2D eigenvalue weighted by Crippen LogP contribution is 2.22. The van der Waals surface area contributed by atoms with Crippen molar-refractivity contribution < 1.29 is 9.59 Å². The number of likely N-dealkylation sites (tertiary alicyclic amines) is 1. The van der Waals surface area contributed by atoms with Gasteiger partial charge in [-0.1, -0.05) is 30.3 Å². The summed E-state index contributed by atoms with van der Waals surface area (Å²) >= 11 is 0. The van der Waals surface area contributed by atoms with Gasteiger partial charge in [0, 0.05) is 25.6 Å². The van der Waals surface area contributed by atoms with E-state index in [0.717, 1.165) is 32.4 Å². The van der Waals surface area contributed by atoms with Crippen molar-refractivity contribution in [3.8, 4) is 0 Å². The van der Waals surface area contributed by atoms with Crippen molar-refractivity contribution in [1.29, 1.82) is 0 Å². The fraction of sp³-hybridized carbons (Fsp3) is 0.600. The van der Waals surface area contributed by atoms with E-state index in [9.17, 15) is 9.59 Å². The maximum absolute atomic E-state index is 12.6. The van der Waals surface area contributed by atoms with Gasteiger partial charge in [-0.15, -0.1) is 0 Å². The SMILES string of the molecule is CC(=O)N(CC(=O)N1CCC(Cc2ccccc2)CC1)C(C)(C)C. The molecular weight excluding hydrogens is 300 g/mol. The summed E-state index contributed by atoms with van der Waals surface area (Å²) in [7, 11) is 0. The van der Waals surface area contributed by atoms with Crippen LogP contribution >= 0.6 is 0 Å². The van der Waals surface area contributed by atoms with Gasteiger partial charge in [0.25, 0.3) is 0 Å². The third-order valence-electron chi connectivity index (χ3n) is 4.82. The van der Waals surface area contributed by atoms with Gasteiger partial charge in [0.15, 0.2) is 0 Å². The van der Waals surface area contributed by atoms with Crippen molar-refractivity contribution in [3.63, 3.8) is 0 Å². The zero-order valence-electron chi connectivity index (χ0n) is 15.4. The van der Waals surface area contributed by atoms with Crippen LogP contribution in [-0.2, 0) is 16.0 Å². The van der Waals surface area contributed by atoms with Crippen molar-refractivity contribution in [2.45, 2.75) is 52.5 Å². The van der Waals surface area contributed by atoms with Crippen LogP contribution in [0.3, 0.4) is 0 Å². The zero-order chi connectivity index (χ0) is 17.7. The van der Waals surface area contributed by atoms with Crippen LogP contribution in [0, 0.1) is 5.92 Å². The summed E-state index contributed by atoms with van der Waals surface area (Å²) < 4.78 is 0. The molecule has 24 heavy (non-hydrogen) atoms. The van der Waals surface area contributed by atoms with Gasteiger partial charge in [-0.2, -0.15) is 0 Å². The molecule has 4 heteroatoms. The number of hydrogen-bond acceptors (Lipinski definition) is 2. The Hall–Kier alpha value is -1.84. The number of carbonyl (C=O) groups is 2. The molecule has 0 saturated carbocycles. The van der Waals surface area contributed by atoms with Gasteiger partial charge in [0.2, 0.25) is 11.8 Å². The highest BCUT2D eigenvalue weighted by Gasteiger charge is 2.29. The third kappa shape index (κ3) is 5.08. The smallest absolute Gasteiger partial charge is 0.242 e. The molecule has 1 fully saturated rings. The van der Waals surface area contributed by atoms with E-state index >= 15 is 0 Å². The molecule has 0 bridgehead atoms. The molecule has 0 unspecified atom stereocenters. The molecule has 0 radical (unpaired) electrons. The Labute approximate surface area is 145 Å². The molecule has 2 rings (SSSR count). The monoisotopic (exact) mass is 330 g/mol. The number of amides is 2. The van der Waals surface area contributed by atoms with E-state index in [2.05, 4.69) is 24.3 Å². The Morgan fingerprint density at radius 2 is 1.71 bits per heavy atom. The van der Waals surface area contributed by atoms with E-state index in [1.54, 1.807) is 4.90 Å². The molecule has 0 atom stereocenters. The van der Waals surface area contributed by atoms with Crippen molar-refractivity contribution >= 4 is 11.8 Å². The lowest BCUT2D eigenvalue weighted by Crippen LogP contribution is -2.51. The lowest BCUT2D eigenvalue weighted by molar-refractivity contribution is -0.144. The minimum atomic E-state index is -0.326. The first-order valence-electron chi connectivity index (χ1n) is 8.87. The van der Waals surface area contributed by atoms with Gasteiger partial charge < -0.3 is 9.80 Å². The molecule has 1 aromatic rings. The summed E-state index contributed by atoms with van der Waals surface area (Å²) in [6, 6.07) is 10.5. The maximum Gasteiger partial charge on any atom is 0.242 e. The number of benzene rings is 1. The van der Waals surface area contributed by atoms with Crippen molar-refractivity contribution in [2.75, 3.05) is 19.6 Å². The fourth-order valence-corrected chi connectivity index (χ4v) is 3.39. The third-order valence-corrected chi connectivity index (χ3v) is 4.82. The summed E-state index contributed by atoms with van der Waals surface area (Å²) in [5, 5.41) is 0. The van der Waals surface area contributed by atoms with E-state index in [1.807, 2.05) is 31.7 Å². The molecule has 0 aromatic heterocycles. The predicted molar refractivity (Wildman–Crippen MR) is 96.6 cm³/mol. The Kier molecular flexibility index (Phi) is 6.03. The zero-order valence-corrected chi connectivity index (χ0v) is 15.4. The lowest BCUT2D eigenvalue weighted by Gasteiger charge is -2.38. The molecule has 4 nitrogen and oxygen atoms in total. The van der Waals surface area contributed by atoms with Crippen LogP contribution in [0.5, 0.6) is 0 Å². The average Bonchev–Trinajstić information content (AvgIpc) is 2.52. The number of carbonyl (C=O) groups excluding carboxylic acids is 2. The quantitative estimate of drug-likeness (QED) is 0.851. The van der Waals surface area contributed by atoms with Gasteiger partial charge in [-0.25, -0.2) is 0 Å². The van der Waals surface area contributed by atoms with Crippen LogP contribution in [0.1, 0.15) is 46.1 Å². The highest BCUT2D eigenvalue weighted by molar-refractivity contribution is 5.84. The van der Waals surface area contributed by atoms with Gasteiger partial charge in [0.05, 0.1) is 0 Å². The Morgan fingerprint density at radius 3 is 2.21 bits per heavy atom. The Bertz CT molecular complexity index is 555. The van der Waals surface area contributed by atoms with Crippen LogP contribution < -0.4 is 0 Å². The molecule has 1 heterocycles. The molecule has 1 aromatic carbocycles. The van der Waals surface area contributed by atoms with E-state index in [4.69, 9.17) is 0 Å². The van der Waals surface area contributed by atoms with Crippen molar-refractivity contribution in [3.05, 3.63) is 35.9 Å². The molecule has 0 aliphatic carbocycles. The van der Waals surface area contributed by atoms with Crippen LogP contribution in [0.4, 0.5) is 0 Å². The first-order chi connectivity index (χ1) is 11.3. The van der Waals surface area contributed by atoms with E-state index < -0.39 is 0 Å². The molecule has 1 saturated heterocycles. The van der Waals surface area contributed by atoms with Gasteiger partial charge in [-0.05, 0) is 51.5 Å². The Morgan fingerprint density at radius 1 is 1.12 bits per heavy atom. The molecule has 2 amide bonds. The molecule has 1 aliphatic heterocycles. The second-order valence-corrected chi connectivity index (χ2v) is 7.79. The molecule has 1 aliphatic rings. The maximum atomic E-state index is 12.6. The number of hydrogen-bond donors (Lipinski definition) is 0. The van der Waals surface area contributed by atoms with Gasteiger partial charge in [-0.3, -0.25) is 9.59 Å². The average molecular weight is 330 g/mol. The summed E-state index contributed by atoms with van der Waals surface area (Å²) in [5.41, 5.74) is 1.05. The second kappa shape index (κ2) is 7.82. The summed E-state index contributed by atoms with van der Waals surface area (Å²) in [5.74, 6) is 0.663. The first kappa shape index (κ1) is 18.5. The van der Waals surface area contributed by atoms with Crippen molar-refractivity contribution in [2.24, 2.45) is 5.92 Å². The van der Waals surface area contributed by atoms with E-state index in [-0.39, 0.29) is 23.9 Å². The lowest BCUT2D eigenvalue weighted by atomic mass is 9.90. The number of rotatable bonds is 4. The Balaban J connectivity index is 1.85. The minimum Gasteiger partial charge on any atom is -0.341 e. The largest absolute Gasteiger partial charge is 0.341 e. The van der Waals surface area contributed by atoms with E-state index in [0.29, 0.717) is 5.92 Å². The first-order valence-corrected chi connectivity index (χ1v) is 8.87. The highest BCUT2D eigenvalue weighted by atomic mass is 16.2. The van der Waals surface area contributed by atoms with Crippen LogP contribution in [0.15, 0.2) is 30.3 Å². The van der Waals surface area contributed by atoms with Gasteiger partial charge in [0.1, 0.15) is 6.54 Å². The summed E-state index contributed by atoms with van der Waals surface area (Å²) in [6.07, 6.45) is 3.16. The predicted octanol–water partition coefficient (Wildman–Crippen LogP) is 3.11. The number of piperidine rings is 1. The summed E-state index contributed by atoms with van der Waals surface area (Å²) in [6.45, 7) is 9.21. The fourth-order valence-electron chi connectivity index (χ4n) is 3.39. The van der Waals surface area contributed by atoms with Crippen molar-refractivity contribution in [1.82, 2.24) is 9.80 Å². The van der Waals surface area contributed by atoms with Gasteiger partial charge >= 0.3 is 0 Å². The molecule has 0 spiro atoms. The van der Waals surface area contributed by atoms with Crippen LogP contribution in [-0.4, -0.2) is 46.8 Å². The molecular formula is C20H30N2O2. The van der Waals surface area contributed by atoms with Crippen LogP contribution in [0.25, 0.3) is 0 Å². The van der Waals surface area contributed by atoms with Crippen LogP contribution in [0.2, 0.25) is 0 Å². The summed E-state index contributed by atoms with van der Waals surface area (Å²) in [4.78, 5) is 28.0.